The second kappa shape index (κ2) is 5.06. The number of amides is 2. The van der Waals surface area contributed by atoms with E-state index in [-0.39, 0.29) is 17.6 Å². The van der Waals surface area contributed by atoms with Crippen molar-refractivity contribution in [3.05, 3.63) is 29.3 Å². The maximum Gasteiger partial charge on any atom is 0.335 e. The molecule has 2 heterocycles. The Kier molecular flexibility index (Phi) is 3.35. The number of nitrogens with zero attached hydrogens (tertiary/aromatic N) is 2. The van der Waals surface area contributed by atoms with Gasteiger partial charge in [-0.2, -0.15) is 0 Å². The summed E-state index contributed by atoms with van der Waals surface area (Å²) < 4.78 is 0. The Bertz CT molecular complexity index is 599. The number of carboxylic acid groups (broad SMARTS) is 1. The Hall–Kier alpha value is -2.04. The van der Waals surface area contributed by atoms with Crippen molar-refractivity contribution in [1.29, 1.82) is 0 Å². The van der Waals surface area contributed by atoms with Crippen molar-refractivity contribution in [3.8, 4) is 0 Å². The van der Waals surface area contributed by atoms with Crippen molar-refractivity contribution in [2.24, 2.45) is 5.92 Å². The van der Waals surface area contributed by atoms with Crippen LogP contribution in [0.1, 0.15) is 36.2 Å². The molecule has 1 aromatic rings. The lowest BCUT2D eigenvalue weighted by atomic mass is 10.1. The number of carboxylic acids is 1. The number of hydrogen-bond acceptors (Lipinski definition) is 2. The van der Waals surface area contributed by atoms with Gasteiger partial charge in [0.2, 0.25) is 0 Å². The number of anilines is 1. The van der Waals surface area contributed by atoms with E-state index in [0.29, 0.717) is 12.5 Å². The summed E-state index contributed by atoms with van der Waals surface area (Å²) in [7, 11) is 0. The summed E-state index contributed by atoms with van der Waals surface area (Å²) in [6.45, 7) is 5.70. The summed E-state index contributed by atoms with van der Waals surface area (Å²) in [5.74, 6) is -0.384. The standard InChI is InChI=1S/C16H20N2O3/c1-10-7-11(2)18(9-10)16(21)17-6-5-12-8-13(15(19)20)3-4-14(12)17/h3-4,8,10-11H,5-7,9H2,1-2H3,(H,19,20). The molecule has 2 atom stereocenters. The largest absolute Gasteiger partial charge is 0.478 e. The maximum atomic E-state index is 12.7. The molecule has 2 amide bonds. The fraction of sp³-hybridized carbons (Fsp3) is 0.500. The van der Waals surface area contributed by atoms with Crippen molar-refractivity contribution in [1.82, 2.24) is 4.90 Å². The fourth-order valence-corrected chi connectivity index (χ4v) is 3.45. The molecule has 1 N–H and O–H groups in total. The molecule has 2 aliphatic rings. The number of likely N-dealkylation sites (tertiary alicyclic amines) is 1. The minimum Gasteiger partial charge on any atom is -0.478 e. The molecule has 0 saturated carbocycles. The van der Waals surface area contributed by atoms with E-state index in [1.54, 1.807) is 23.1 Å². The van der Waals surface area contributed by atoms with Crippen LogP contribution in [-0.4, -0.2) is 41.1 Å². The van der Waals surface area contributed by atoms with Crippen LogP contribution in [0.2, 0.25) is 0 Å². The predicted octanol–water partition coefficient (Wildman–Crippen LogP) is 2.60. The molecule has 0 bridgehead atoms. The van der Waals surface area contributed by atoms with Crippen LogP contribution in [0.3, 0.4) is 0 Å². The molecule has 1 saturated heterocycles. The lowest BCUT2D eigenvalue weighted by Gasteiger charge is -2.28. The van der Waals surface area contributed by atoms with Crippen LogP contribution < -0.4 is 4.90 Å². The molecule has 0 radical (unpaired) electrons. The van der Waals surface area contributed by atoms with Crippen molar-refractivity contribution in [2.45, 2.75) is 32.7 Å². The van der Waals surface area contributed by atoms with Gasteiger partial charge in [-0.1, -0.05) is 6.92 Å². The molecule has 0 spiro atoms. The maximum absolute atomic E-state index is 12.7. The molecule has 2 aliphatic heterocycles. The summed E-state index contributed by atoms with van der Waals surface area (Å²) in [4.78, 5) is 27.5. The number of benzene rings is 1. The van der Waals surface area contributed by atoms with Crippen molar-refractivity contribution < 1.29 is 14.7 Å². The summed E-state index contributed by atoms with van der Waals surface area (Å²) in [6.07, 6.45) is 1.77. The van der Waals surface area contributed by atoms with E-state index in [1.807, 2.05) is 4.90 Å². The average Bonchev–Trinajstić information content (AvgIpc) is 3.00. The van der Waals surface area contributed by atoms with E-state index >= 15 is 0 Å². The molecule has 1 aromatic carbocycles. The van der Waals surface area contributed by atoms with Crippen molar-refractivity contribution in [2.75, 3.05) is 18.0 Å². The highest BCUT2D eigenvalue weighted by Crippen LogP contribution is 2.32. The lowest BCUT2D eigenvalue weighted by Crippen LogP contribution is -2.44. The Morgan fingerprint density at radius 2 is 2.05 bits per heavy atom. The Labute approximate surface area is 124 Å². The van der Waals surface area contributed by atoms with Gasteiger partial charge in [-0.3, -0.25) is 4.90 Å². The molecule has 21 heavy (non-hydrogen) atoms. The zero-order valence-corrected chi connectivity index (χ0v) is 12.4. The SMILES string of the molecule is CC1CC(C)N(C(=O)N2CCc3cc(C(=O)O)ccc32)C1. The first-order chi connectivity index (χ1) is 9.97. The Morgan fingerprint density at radius 1 is 1.29 bits per heavy atom. The smallest absolute Gasteiger partial charge is 0.335 e. The summed E-state index contributed by atoms with van der Waals surface area (Å²) in [6, 6.07) is 5.33. The first-order valence-corrected chi connectivity index (χ1v) is 7.41. The Balaban J connectivity index is 1.84. The van der Waals surface area contributed by atoms with Gasteiger partial charge in [0, 0.05) is 24.8 Å². The fourth-order valence-electron chi connectivity index (χ4n) is 3.45. The van der Waals surface area contributed by atoms with Crippen LogP contribution in [0.4, 0.5) is 10.5 Å². The molecule has 2 unspecified atom stereocenters. The molecular formula is C16H20N2O3. The second-order valence-electron chi connectivity index (χ2n) is 6.18. The number of rotatable bonds is 1. The van der Waals surface area contributed by atoms with Gasteiger partial charge >= 0.3 is 12.0 Å². The minimum absolute atomic E-state index is 0.0497. The average molecular weight is 288 g/mol. The van der Waals surface area contributed by atoms with E-state index in [9.17, 15) is 9.59 Å². The van der Waals surface area contributed by atoms with Crippen LogP contribution in [-0.2, 0) is 6.42 Å². The second-order valence-corrected chi connectivity index (χ2v) is 6.18. The monoisotopic (exact) mass is 288 g/mol. The predicted molar refractivity (Wildman–Crippen MR) is 79.8 cm³/mol. The van der Waals surface area contributed by atoms with Gasteiger partial charge in [0.1, 0.15) is 0 Å². The molecule has 112 valence electrons. The highest BCUT2D eigenvalue weighted by atomic mass is 16.4. The summed E-state index contributed by atoms with van der Waals surface area (Å²) in [5, 5.41) is 9.04. The van der Waals surface area contributed by atoms with Gasteiger partial charge in [-0.15, -0.1) is 0 Å². The minimum atomic E-state index is -0.926. The van der Waals surface area contributed by atoms with Gasteiger partial charge in [0.05, 0.1) is 5.56 Å². The highest BCUT2D eigenvalue weighted by molar-refractivity contribution is 5.96. The van der Waals surface area contributed by atoms with E-state index in [1.165, 1.54) is 0 Å². The van der Waals surface area contributed by atoms with E-state index < -0.39 is 5.97 Å². The molecule has 0 aliphatic carbocycles. The van der Waals surface area contributed by atoms with Crippen LogP contribution >= 0.6 is 0 Å². The number of urea groups is 1. The molecule has 5 nitrogen and oxygen atoms in total. The normalized spacial score (nSPS) is 24.3. The van der Waals surface area contributed by atoms with Crippen LogP contribution in [0, 0.1) is 5.92 Å². The molecule has 1 fully saturated rings. The topological polar surface area (TPSA) is 60.9 Å². The number of carbonyl (C=O) groups is 2. The number of fused-ring (bicyclic) bond motifs is 1. The van der Waals surface area contributed by atoms with Gasteiger partial charge in [0.25, 0.3) is 0 Å². The zero-order valence-electron chi connectivity index (χ0n) is 12.4. The quantitative estimate of drug-likeness (QED) is 0.864. The van der Waals surface area contributed by atoms with Gasteiger partial charge in [-0.05, 0) is 49.4 Å². The van der Waals surface area contributed by atoms with Gasteiger partial charge < -0.3 is 10.0 Å². The van der Waals surface area contributed by atoms with Crippen molar-refractivity contribution >= 4 is 17.7 Å². The van der Waals surface area contributed by atoms with Gasteiger partial charge in [0.15, 0.2) is 0 Å². The number of carbonyl (C=O) groups excluding carboxylic acids is 1. The van der Waals surface area contributed by atoms with Crippen molar-refractivity contribution in [3.63, 3.8) is 0 Å². The van der Waals surface area contributed by atoms with E-state index in [0.717, 1.165) is 30.6 Å². The zero-order chi connectivity index (χ0) is 15.1. The molecule has 0 aromatic heterocycles. The van der Waals surface area contributed by atoms with Gasteiger partial charge in [-0.25, -0.2) is 9.59 Å². The first kappa shape index (κ1) is 13.9. The number of aromatic carboxylic acids is 1. The Morgan fingerprint density at radius 3 is 2.67 bits per heavy atom. The van der Waals surface area contributed by atoms with Crippen LogP contribution in [0.15, 0.2) is 18.2 Å². The molecule has 5 heteroatoms. The van der Waals surface area contributed by atoms with E-state index in [4.69, 9.17) is 5.11 Å². The van der Waals surface area contributed by atoms with Crippen LogP contribution in [0.25, 0.3) is 0 Å². The summed E-state index contributed by atoms with van der Waals surface area (Å²) in [5.41, 5.74) is 2.09. The third kappa shape index (κ3) is 2.37. The van der Waals surface area contributed by atoms with E-state index in [2.05, 4.69) is 13.8 Å². The number of hydrogen-bond donors (Lipinski definition) is 1. The van der Waals surface area contributed by atoms with Crippen LogP contribution in [0.5, 0.6) is 0 Å². The highest BCUT2D eigenvalue weighted by Gasteiger charge is 2.35. The molecular weight excluding hydrogens is 268 g/mol. The third-order valence-electron chi connectivity index (χ3n) is 4.48. The molecule has 3 rings (SSSR count). The summed E-state index contributed by atoms with van der Waals surface area (Å²) >= 11 is 0. The third-order valence-corrected chi connectivity index (χ3v) is 4.48. The first-order valence-electron chi connectivity index (χ1n) is 7.41. The lowest BCUT2D eigenvalue weighted by molar-refractivity contribution is 0.0697.